The molecule has 3 atom stereocenters. The minimum atomic E-state index is -0.497. The Labute approximate surface area is 127 Å². The molecule has 0 saturated heterocycles. The van der Waals surface area contributed by atoms with Crippen LogP contribution in [0.25, 0.3) is 0 Å². The van der Waals surface area contributed by atoms with Crippen molar-refractivity contribution >= 4 is 5.91 Å². The first-order chi connectivity index (χ1) is 10.6. The van der Waals surface area contributed by atoms with Gasteiger partial charge in [0.05, 0.1) is 23.9 Å². The van der Waals surface area contributed by atoms with Gasteiger partial charge < -0.3 is 14.8 Å². The van der Waals surface area contributed by atoms with Gasteiger partial charge in [0.1, 0.15) is 0 Å². The van der Waals surface area contributed by atoms with E-state index >= 15 is 0 Å². The Morgan fingerprint density at radius 3 is 2.95 bits per heavy atom. The van der Waals surface area contributed by atoms with E-state index in [1.54, 1.807) is 30.1 Å². The third kappa shape index (κ3) is 2.21. The Bertz CT molecular complexity index is 690. The van der Waals surface area contributed by atoms with Gasteiger partial charge in [0.2, 0.25) is 5.76 Å². The number of aromatic nitrogens is 3. The van der Waals surface area contributed by atoms with Crippen LogP contribution in [0.2, 0.25) is 0 Å². The molecule has 2 saturated carbocycles. The Kier molecular flexibility index (Phi) is 3.04. The number of oxazole rings is 1. The molecule has 2 heterocycles. The quantitative estimate of drug-likeness (QED) is 0.884. The van der Waals surface area contributed by atoms with Gasteiger partial charge in [-0.2, -0.15) is 5.10 Å². The Hall–Kier alpha value is -2.15. The summed E-state index contributed by atoms with van der Waals surface area (Å²) in [6.45, 7) is 1.78. The van der Waals surface area contributed by atoms with E-state index in [0.29, 0.717) is 23.9 Å². The van der Waals surface area contributed by atoms with Crippen LogP contribution < -0.4 is 5.32 Å². The molecule has 7 nitrogen and oxygen atoms in total. The predicted octanol–water partition coefficient (Wildman–Crippen LogP) is 1.16. The summed E-state index contributed by atoms with van der Waals surface area (Å²) in [5, 5.41) is 17.0. The van der Waals surface area contributed by atoms with Crippen molar-refractivity contribution in [3.63, 3.8) is 0 Å². The zero-order valence-corrected chi connectivity index (χ0v) is 12.3. The van der Waals surface area contributed by atoms with Gasteiger partial charge in [-0.3, -0.25) is 9.48 Å². The van der Waals surface area contributed by atoms with Crippen LogP contribution in [0, 0.1) is 6.92 Å². The second-order valence-corrected chi connectivity index (χ2v) is 6.10. The summed E-state index contributed by atoms with van der Waals surface area (Å²) in [4.78, 5) is 16.7. The molecule has 2 aliphatic rings. The van der Waals surface area contributed by atoms with Gasteiger partial charge in [-0.25, -0.2) is 4.98 Å². The molecule has 4 rings (SSSR count). The van der Waals surface area contributed by atoms with E-state index in [1.165, 1.54) is 0 Å². The molecule has 2 aromatic heterocycles. The highest BCUT2D eigenvalue weighted by Gasteiger charge is 2.43. The summed E-state index contributed by atoms with van der Waals surface area (Å²) in [7, 11) is 0. The van der Waals surface area contributed by atoms with E-state index in [9.17, 15) is 9.90 Å². The van der Waals surface area contributed by atoms with Crippen molar-refractivity contribution in [1.29, 1.82) is 0 Å². The van der Waals surface area contributed by atoms with Crippen molar-refractivity contribution < 1.29 is 14.3 Å². The van der Waals surface area contributed by atoms with Crippen molar-refractivity contribution in [3.05, 3.63) is 35.8 Å². The highest BCUT2D eigenvalue weighted by Crippen LogP contribution is 2.40. The lowest BCUT2D eigenvalue weighted by atomic mass is 9.83. The Morgan fingerprint density at radius 2 is 2.32 bits per heavy atom. The van der Waals surface area contributed by atoms with Gasteiger partial charge in [0.15, 0.2) is 5.89 Å². The van der Waals surface area contributed by atoms with Crippen LogP contribution in [0.1, 0.15) is 53.4 Å². The fourth-order valence-corrected chi connectivity index (χ4v) is 2.94. The molecule has 0 spiro atoms. The van der Waals surface area contributed by atoms with Crippen LogP contribution in [-0.4, -0.2) is 37.9 Å². The minimum Gasteiger partial charge on any atom is -0.435 e. The van der Waals surface area contributed by atoms with Gasteiger partial charge in [0.25, 0.3) is 5.91 Å². The summed E-state index contributed by atoms with van der Waals surface area (Å²) in [5.41, 5.74) is 0.620. The fourth-order valence-electron chi connectivity index (χ4n) is 2.94. The van der Waals surface area contributed by atoms with Crippen LogP contribution in [0.3, 0.4) is 0 Å². The first-order valence-electron chi connectivity index (χ1n) is 7.59. The lowest BCUT2D eigenvalue weighted by Gasteiger charge is -2.41. The normalized spacial score (nSPS) is 27.5. The van der Waals surface area contributed by atoms with Gasteiger partial charge >= 0.3 is 0 Å². The highest BCUT2D eigenvalue weighted by atomic mass is 16.4. The molecule has 7 heteroatoms. The Balaban J connectivity index is 1.48. The number of carbonyl (C=O) groups excluding carboxylic acids is 1. The molecule has 0 aliphatic heterocycles. The molecule has 2 N–H and O–H groups in total. The van der Waals surface area contributed by atoms with Crippen molar-refractivity contribution in [3.8, 4) is 0 Å². The largest absolute Gasteiger partial charge is 0.435 e. The molecule has 116 valence electrons. The van der Waals surface area contributed by atoms with Crippen molar-refractivity contribution in [2.75, 3.05) is 0 Å². The fraction of sp³-hybridized carbons (Fsp3) is 0.533. The summed E-state index contributed by atoms with van der Waals surface area (Å²) in [6, 6.07) is 1.41. The number of rotatable bonds is 4. The molecule has 2 aliphatic carbocycles. The van der Waals surface area contributed by atoms with E-state index in [1.807, 2.05) is 0 Å². The number of aryl methyl sites for hydroxylation is 1. The van der Waals surface area contributed by atoms with Gasteiger partial charge in [-0.15, -0.1) is 0 Å². The first-order valence-corrected chi connectivity index (χ1v) is 7.59. The van der Waals surface area contributed by atoms with Crippen LogP contribution in [0.4, 0.5) is 0 Å². The smallest absolute Gasteiger partial charge is 0.289 e. The lowest BCUT2D eigenvalue weighted by Crippen LogP contribution is -2.56. The lowest BCUT2D eigenvalue weighted by molar-refractivity contribution is -0.00627. The van der Waals surface area contributed by atoms with E-state index in [0.717, 1.165) is 12.8 Å². The van der Waals surface area contributed by atoms with Gasteiger partial charge in [-0.1, -0.05) is 0 Å². The minimum absolute atomic E-state index is 0.156. The SMILES string of the molecule is Cc1nc(C2CC2)oc1C(=O)N[C@H]1C[C@@H](O)[C@@H]1n1cccn1. The van der Waals surface area contributed by atoms with E-state index in [4.69, 9.17) is 4.42 Å². The second-order valence-electron chi connectivity index (χ2n) is 6.10. The van der Waals surface area contributed by atoms with Gasteiger partial charge in [-0.05, 0) is 32.3 Å². The topological polar surface area (TPSA) is 93.2 Å². The number of aliphatic hydroxyl groups is 1. The summed E-state index contributed by atoms with van der Waals surface area (Å²) in [6.07, 6.45) is 5.62. The molecule has 1 amide bonds. The summed E-state index contributed by atoms with van der Waals surface area (Å²) < 4.78 is 7.30. The van der Waals surface area contributed by atoms with E-state index in [2.05, 4.69) is 15.4 Å². The average Bonchev–Trinajstić information content (AvgIpc) is 3.06. The number of hydrogen-bond donors (Lipinski definition) is 2. The molecular weight excluding hydrogens is 284 g/mol. The molecule has 22 heavy (non-hydrogen) atoms. The monoisotopic (exact) mass is 302 g/mol. The molecule has 2 fully saturated rings. The van der Waals surface area contributed by atoms with Crippen LogP contribution in [0.5, 0.6) is 0 Å². The second kappa shape index (κ2) is 4.95. The highest BCUT2D eigenvalue weighted by molar-refractivity contribution is 5.92. The predicted molar refractivity (Wildman–Crippen MR) is 76.4 cm³/mol. The van der Waals surface area contributed by atoms with Crippen molar-refractivity contribution in [1.82, 2.24) is 20.1 Å². The molecule has 0 bridgehead atoms. The van der Waals surface area contributed by atoms with Crippen molar-refractivity contribution in [2.45, 2.75) is 50.3 Å². The maximum Gasteiger partial charge on any atom is 0.289 e. The molecule has 0 radical (unpaired) electrons. The number of carbonyl (C=O) groups is 1. The maximum atomic E-state index is 12.4. The zero-order valence-electron chi connectivity index (χ0n) is 12.3. The third-order valence-electron chi connectivity index (χ3n) is 4.39. The molecule has 0 aromatic carbocycles. The Morgan fingerprint density at radius 1 is 1.50 bits per heavy atom. The van der Waals surface area contributed by atoms with Gasteiger partial charge in [0, 0.05) is 18.3 Å². The number of nitrogens with one attached hydrogen (secondary N) is 1. The summed E-state index contributed by atoms with van der Waals surface area (Å²) >= 11 is 0. The van der Waals surface area contributed by atoms with Crippen LogP contribution in [-0.2, 0) is 0 Å². The third-order valence-corrected chi connectivity index (χ3v) is 4.39. The molecular formula is C15H18N4O3. The van der Waals surface area contributed by atoms with Crippen molar-refractivity contribution in [2.24, 2.45) is 0 Å². The average molecular weight is 302 g/mol. The first kappa shape index (κ1) is 13.5. The number of aliphatic hydroxyl groups excluding tert-OH is 1. The van der Waals surface area contributed by atoms with Crippen LogP contribution >= 0.6 is 0 Å². The number of hydrogen-bond acceptors (Lipinski definition) is 5. The molecule has 2 aromatic rings. The number of amides is 1. The maximum absolute atomic E-state index is 12.4. The number of nitrogens with zero attached hydrogens (tertiary/aromatic N) is 3. The van der Waals surface area contributed by atoms with E-state index < -0.39 is 6.10 Å². The summed E-state index contributed by atoms with van der Waals surface area (Å²) in [5.74, 6) is 1.05. The zero-order chi connectivity index (χ0) is 15.3. The van der Waals surface area contributed by atoms with E-state index in [-0.39, 0.29) is 23.8 Å². The molecule has 0 unspecified atom stereocenters. The standard InChI is InChI=1S/C15H18N4O3/c1-8-13(22-15(17-8)9-3-4-9)14(21)18-10-7-11(20)12(10)19-6-2-5-16-19/h2,5-6,9-12,20H,3-4,7H2,1H3,(H,18,21)/t10-,11+,12+/m0/s1. The van der Waals surface area contributed by atoms with Crippen LogP contribution in [0.15, 0.2) is 22.9 Å².